The van der Waals surface area contributed by atoms with Crippen molar-refractivity contribution >= 4 is 32.4 Å². The molecular weight excluding hydrogens is 316 g/mol. The molecule has 1 aromatic heterocycles. The van der Waals surface area contributed by atoms with Crippen LogP contribution in [0.5, 0.6) is 0 Å². The predicted molar refractivity (Wildman–Crippen MR) is 108 cm³/mol. The van der Waals surface area contributed by atoms with Crippen LogP contribution in [0.3, 0.4) is 0 Å². The van der Waals surface area contributed by atoms with Crippen molar-refractivity contribution in [2.45, 2.75) is 6.92 Å². The van der Waals surface area contributed by atoms with Gasteiger partial charge in [0.25, 0.3) is 6.33 Å². The summed E-state index contributed by atoms with van der Waals surface area (Å²) in [7, 11) is 2.07. The van der Waals surface area contributed by atoms with Crippen LogP contribution in [0.4, 0.5) is 0 Å². The Balaban J connectivity index is 1.91. The molecule has 0 unspecified atom stereocenters. The number of aromatic nitrogens is 2. The lowest BCUT2D eigenvalue weighted by molar-refractivity contribution is -0.662. The maximum absolute atomic E-state index is 4.75. The van der Waals surface area contributed by atoms with Crippen molar-refractivity contribution in [3.8, 4) is 11.3 Å². The number of hydrogen-bond donors (Lipinski definition) is 0. The van der Waals surface area contributed by atoms with Crippen molar-refractivity contribution in [1.82, 2.24) is 4.98 Å². The molecule has 0 radical (unpaired) electrons. The highest BCUT2D eigenvalue weighted by molar-refractivity contribution is 6.09. The van der Waals surface area contributed by atoms with Gasteiger partial charge in [0.15, 0.2) is 5.52 Å². The van der Waals surface area contributed by atoms with E-state index in [0.717, 1.165) is 5.52 Å². The zero-order chi connectivity index (χ0) is 17.7. The van der Waals surface area contributed by atoms with Crippen molar-refractivity contribution in [2.24, 2.45) is 7.05 Å². The molecule has 0 aliphatic rings. The first-order chi connectivity index (χ1) is 12.7. The first-order valence-electron chi connectivity index (χ1n) is 8.88. The molecule has 0 saturated heterocycles. The molecule has 0 aliphatic carbocycles. The third-order valence-electron chi connectivity index (χ3n) is 5.22. The Hall–Kier alpha value is -3.26. The lowest BCUT2D eigenvalue weighted by Gasteiger charge is -2.11. The van der Waals surface area contributed by atoms with Gasteiger partial charge < -0.3 is 0 Å². The number of benzene rings is 4. The van der Waals surface area contributed by atoms with Gasteiger partial charge in [-0.1, -0.05) is 54.6 Å². The van der Waals surface area contributed by atoms with Gasteiger partial charge >= 0.3 is 0 Å². The Kier molecular flexibility index (Phi) is 3.26. The molecule has 0 spiro atoms. The molecule has 2 heteroatoms. The highest BCUT2D eigenvalue weighted by atomic mass is 15.0. The van der Waals surface area contributed by atoms with Gasteiger partial charge in [-0.15, -0.1) is 0 Å². The summed E-state index contributed by atoms with van der Waals surface area (Å²) in [4.78, 5) is 4.75. The summed E-state index contributed by atoms with van der Waals surface area (Å²) in [5.41, 5.74) is 4.81. The summed E-state index contributed by atoms with van der Waals surface area (Å²) in [5, 5.41) is 6.15. The van der Waals surface area contributed by atoms with Crippen LogP contribution in [-0.2, 0) is 7.05 Å². The summed E-state index contributed by atoms with van der Waals surface area (Å²) < 4.78 is 2.13. The molecule has 1 heterocycles. The smallest absolute Gasteiger partial charge is 0.232 e. The molecule has 124 valence electrons. The Morgan fingerprint density at radius 2 is 1.42 bits per heavy atom. The Morgan fingerprint density at radius 1 is 0.731 bits per heavy atom. The maximum atomic E-state index is 4.75. The molecule has 0 bridgehead atoms. The molecule has 5 aromatic rings. The third-order valence-corrected chi connectivity index (χ3v) is 5.22. The van der Waals surface area contributed by atoms with Gasteiger partial charge in [-0.3, -0.25) is 0 Å². The minimum absolute atomic E-state index is 1.06. The summed E-state index contributed by atoms with van der Waals surface area (Å²) in [5.74, 6) is 0. The number of nitrogens with zero attached hydrogens (tertiary/aromatic N) is 2. The number of hydrogen-bond acceptors (Lipinski definition) is 1. The molecule has 0 N–H and O–H groups in total. The Labute approximate surface area is 152 Å². The average Bonchev–Trinajstić information content (AvgIpc) is 2.67. The fraction of sp³-hybridized carbons (Fsp3) is 0.0833. The normalized spacial score (nSPS) is 11.5. The lowest BCUT2D eigenvalue weighted by atomic mass is 9.96. The van der Waals surface area contributed by atoms with Crippen LogP contribution >= 0.6 is 0 Å². The van der Waals surface area contributed by atoms with Crippen molar-refractivity contribution in [3.63, 3.8) is 0 Å². The second-order valence-electron chi connectivity index (χ2n) is 6.90. The van der Waals surface area contributed by atoms with E-state index in [1.807, 2.05) is 6.33 Å². The lowest BCUT2D eigenvalue weighted by Crippen LogP contribution is -2.31. The summed E-state index contributed by atoms with van der Waals surface area (Å²) in [6.45, 7) is 2.19. The van der Waals surface area contributed by atoms with Gasteiger partial charge in [-0.2, -0.15) is 0 Å². The van der Waals surface area contributed by atoms with Gasteiger partial charge in [0, 0.05) is 10.9 Å². The van der Waals surface area contributed by atoms with Crippen molar-refractivity contribution in [2.75, 3.05) is 0 Å². The van der Waals surface area contributed by atoms with Crippen LogP contribution in [-0.4, -0.2) is 4.98 Å². The number of aryl methyl sites for hydroxylation is 2. The van der Waals surface area contributed by atoms with Crippen LogP contribution in [0.15, 0.2) is 79.1 Å². The summed E-state index contributed by atoms with van der Waals surface area (Å²) in [6, 6.07) is 26.0. The maximum Gasteiger partial charge on any atom is 0.287 e. The first-order valence-corrected chi connectivity index (χ1v) is 8.88. The zero-order valence-corrected chi connectivity index (χ0v) is 14.9. The molecule has 0 aliphatic heterocycles. The standard InChI is InChI=1S/C24H19N2/c1-16-13-18-8-3-4-9-19(18)14-22(16)24-21-12-11-17-7-5-6-10-20(17)23(21)25-15-26(24)2/h3-15H,1-2H3/q+1. The van der Waals surface area contributed by atoms with Gasteiger partial charge in [0.2, 0.25) is 0 Å². The topological polar surface area (TPSA) is 16.8 Å². The van der Waals surface area contributed by atoms with E-state index in [2.05, 4.69) is 91.3 Å². The fourth-order valence-electron chi connectivity index (χ4n) is 3.92. The Bertz CT molecular complexity index is 1300. The van der Waals surface area contributed by atoms with Crippen molar-refractivity contribution in [3.05, 3.63) is 84.7 Å². The minimum Gasteiger partial charge on any atom is -0.232 e. The zero-order valence-electron chi connectivity index (χ0n) is 14.9. The van der Waals surface area contributed by atoms with Gasteiger partial charge in [-0.25, -0.2) is 4.57 Å². The molecule has 0 saturated carbocycles. The van der Waals surface area contributed by atoms with Crippen LogP contribution in [0.2, 0.25) is 0 Å². The second-order valence-corrected chi connectivity index (χ2v) is 6.90. The van der Waals surface area contributed by atoms with E-state index in [1.165, 1.54) is 43.8 Å². The number of rotatable bonds is 1. The molecule has 5 rings (SSSR count). The van der Waals surface area contributed by atoms with E-state index < -0.39 is 0 Å². The van der Waals surface area contributed by atoms with E-state index in [1.54, 1.807) is 0 Å². The van der Waals surface area contributed by atoms with Crippen LogP contribution in [0, 0.1) is 6.92 Å². The van der Waals surface area contributed by atoms with Crippen molar-refractivity contribution in [1.29, 1.82) is 0 Å². The van der Waals surface area contributed by atoms with E-state index in [4.69, 9.17) is 4.98 Å². The fourth-order valence-corrected chi connectivity index (χ4v) is 3.92. The average molecular weight is 335 g/mol. The van der Waals surface area contributed by atoms with E-state index in [0.29, 0.717) is 0 Å². The summed E-state index contributed by atoms with van der Waals surface area (Å²) >= 11 is 0. The third kappa shape index (κ3) is 2.19. The Morgan fingerprint density at radius 3 is 2.23 bits per heavy atom. The monoisotopic (exact) mass is 335 g/mol. The summed E-state index contributed by atoms with van der Waals surface area (Å²) in [6.07, 6.45) is 1.93. The molecule has 0 atom stereocenters. The van der Waals surface area contributed by atoms with Crippen molar-refractivity contribution < 1.29 is 4.57 Å². The minimum atomic E-state index is 1.06. The molecule has 26 heavy (non-hydrogen) atoms. The predicted octanol–water partition coefficient (Wildman–Crippen LogP) is 5.34. The quantitative estimate of drug-likeness (QED) is 0.298. The van der Waals surface area contributed by atoms with E-state index >= 15 is 0 Å². The van der Waals surface area contributed by atoms with Crippen LogP contribution in [0.25, 0.3) is 43.7 Å². The van der Waals surface area contributed by atoms with Crippen LogP contribution in [0.1, 0.15) is 5.56 Å². The highest BCUT2D eigenvalue weighted by Crippen LogP contribution is 2.33. The second kappa shape index (κ2) is 5.63. The highest BCUT2D eigenvalue weighted by Gasteiger charge is 2.18. The molecule has 0 fully saturated rings. The van der Waals surface area contributed by atoms with Gasteiger partial charge in [0.05, 0.1) is 12.4 Å². The largest absolute Gasteiger partial charge is 0.287 e. The SMILES string of the molecule is Cc1cc2ccccc2cc1-c1c2ccc3ccccc3c2nc[n+]1C. The number of fused-ring (bicyclic) bond motifs is 4. The molecule has 2 nitrogen and oxygen atoms in total. The van der Waals surface area contributed by atoms with Gasteiger partial charge in [-0.05, 0) is 51.8 Å². The van der Waals surface area contributed by atoms with E-state index in [-0.39, 0.29) is 0 Å². The van der Waals surface area contributed by atoms with Gasteiger partial charge in [0.1, 0.15) is 5.69 Å². The van der Waals surface area contributed by atoms with E-state index in [9.17, 15) is 0 Å². The first kappa shape index (κ1) is 15.0. The molecular formula is C24H19N2+. The van der Waals surface area contributed by atoms with Crippen LogP contribution < -0.4 is 4.57 Å². The molecule has 0 amide bonds. The molecule has 4 aromatic carbocycles.